The van der Waals surface area contributed by atoms with Gasteiger partial charge in [-0.05, 0) is 72.8 Å². The van der Waals surface area contributed by atoms with Crippen LogP contribution in [0, 0.1) is 10.1 Å². The van der Waals surface area contributed by atoms with Crippen LogP contribution in [0.2, 0.25) is 5.02 Å². The maximum absolute atomic E-state index is 13.1. The third kappa shape index (κ3) is 7.41. The van der Waals surface area contributed by atoms with Crippen LogP contribution in [0.5, 0.6) is 23.0 Å². The van der Waals surface area contributed by atoms with Gasteiger partial charge in [-0.15, -0.1) is 0 Å². The number of thioether (sulfide) groups is 1. The number of nitro benzene ring substituents is 1. The fraction of sp³-hybridized carbons (Fsp3) is 0.179. The van der Waals surface area contributed by atoms with Crippen LogP contribution in [0.25, 0.3) is 6.08 Å². The molecule has 0 aliphatic carbocycles. The normalized spacial score (nSPS) is 14.1. The number of benzene rings is 3. The van der Waals surface area contributed by atoms with Crippen LogP contribution in [0.15, 0.2) is 59.5 Å². The van der Waals surface area contributed by atoms with Gasteiger partial charge in [-0.3, -0.25) is 29.4 Å². The fourth-order valence-electron chi connectivity index (χ4n) is 3.88. The number of ether oxygens (including phenoxy) is 3. The van der Waals surface area contributed by atoms with E-state index in [0.29, 0.717) is 40.9 Å². The first kappa shape index (κ1) is 32.2. The Hall–Kier alpha value is -4.76. The molecule has 16 heteroatoms. The van der Waals surface area contributed by atoms with Crippen molar-refractivity contribution in [1.29, 1.82) is 0 Å². The summed E-state index contributed by atoms with van der Waals surface area (Å²) >= 11 is 6.67. The van der Waals surface area contributed by atoms with E-state index >= 15 is 0 Å². The van der Waals surface area contributed by atoms with E-state index in [1.807, 2.05) is 0 Å². The Morgan fingerprint density at radius 1 is 1.07 bits per heavy atom. The largest absolute Gasteiger partial charge is 0.495 e. The van der Waals surface area contributed by atoms with E-state index in [2.05, 4.69) is 5.32 Å². The molecular weight excluding hydrogens is 631 g/mol. The molecule has 1 aliphatic rings. The van der Waals surface area contributed by atoms with Crippen molar-refractivity contribution in [3.63, 3.8) is 0 Å². The number of hydrogen-bond donors (Lipinski definition) is 1. The lowest BCUT2D eigenvalue weighted by Gasteiger charge is -2.14. The summed E-state index contributed by atoms with van der Waals surface area (Å²) < 4.78 is 55.4. The van der Waals surface area contributed by atoms with Crippen molar-refractivity contribution in [2.24, 2.45) is 0 Å². The van der Waals surface area contributed by atoms with Gasteiger partial charge < -0.3 is 19.5 Å². The molecule has 1 fully saturated rings. The quantitative estimate of drug-likeness (QED) is 0.138. The van der Waals surface area contributed by atoms with Crippen LogP contribution in [0.4, 0.5) is 29.3 Å². The molecule has 0 radical (unpaired) electrons. The molecule has 0 spiro atoms. The molecule has 230 valence electrons. The predicted molar refractivity (Wildman–Crippen MR) is 155 cm³/mol. The Kier molecular flexibility index (Phi) is 9.69. The van der Waals surface area contributed by atoms with Crippen LogP contribution < -0.4 is 19.5 Å². The SMILES string of the molecule is CCOc1cc(/C=C2/SC(=O)N(CC(=O)Nc3ccc(OC)c(Cl)c3)C2=O)ccc1Oc1ccc(C(F)(F)F)cc1[N+](=O)[O-]. The Morgan fingerprint density at radius 3 is 2.41 bits per heavy atom. The average Bonchev–Trinajstić information content (AvgIpc) is 3.21. The van der Waals surface area contributed by atoms with Gasteiger partial charge in [-0.1, -0.05) is 17.7 Å². The molecule has 1 heterocycles. The first-order chi connectivity index (χ1) is 20.8. The standard InChI is InChI=1S/C28H21ClF3N3O8S/c1-3-42-23-10-15(4-7-22(23)43-21-8-5-16(28(30,31)32)12-19(21)35(39)40)11-24-26(37)34(27(38)44-24)14-25(36)33-17-6-9-20(41-2)18(29)13-17/h4-13H,3,14H2,1-2H3,(H,33,36)/b24-11+. The second kappa shape index (κ2) is 13.3. The Labute approximate surface area is 256 Å². The molecule has 1 saturated heterocycles. The van der Waals surface area contributed by atoms with Gasteiger partial charge in [0.05, 0.1) is 34.1 Å². The van der Waals surface area contributed by atoms with Gasteiger partial charge >= 0.3 is 11.9 Å². The first-order valence-corrected chi connectivity index (χ1v) is 13.7. The van der Waals surface area contributed by atoms with Crippen molar-refractivity contribution in [2.45, 2.75) is 13.1 Å². The first-order valence-electron chi connectivity index (χ1n) is 12.5. The molecule has 0 aromatic heterocycles. The molecule has 1 N–H and O–H groups in total. The van der Waals surface area contributed by atoms with Crippen molar-refractivity contribution in [3.8, 4) is 23.0 Å². The lowest BCUT2D eigenvalue weighted by atomic mass is 10.1. The summed E-state index contributed by atoms with van der Waals surface area (Å²) in [7, 11) is 1.43. The highest BCUT2D eigenvalue weighted by Crippen LogP contribution is 2.41. The van der Waals surface area contributed by atoms with Gasteiger partial charge in [0.1, 0.15) is 12.3 Å². The smallest absolute Gasteiger partial charge is 0.416 e. The van der Waals surface area contributed by atoms with Crippen molar-refractivity contribution in [1.82, 2.24) is 4.90 Å². The van der Waals surface area contributed by atoms with E-state index in [1.54, 1.807) is 13.0 Å². The fourth-order valence-corrected chi connectivity index (χ4v) is 4.98. The molecule has 3 aromatic carbocycles. The summed E-state index contributed by atoms with van der Waals surface area (Å²) in [6.07, 6.45) is -3.42. The van der Waals surface area contributed by atoms with Crippen LogP contribution >= 0.6 is 23.4 Å². The lowest BCUT2D eigenvalue weighted by Crippen LogP contribution is -2.36. The summed E-state index contributed by atoms with van der Waals surface area (Å²) in [5.74, 6) is -1.40. The maximum Gasteiger partial charge on any atom is 0.416 e. The predicted octanol–water partition coefficient (Wildman–Crippen LogP) is 7.14. The number of nitro groups is 1. The number of hydrogen-bond acceptors (Lipinski definition) is 9. The minimum Gasteiger partial charge on any atom is -0.495 e. The van der Waals surface area contributed by atoms with Crippen molar-refractivity contribution >= 4 is 57.9 Å². The van der Waals surface area contributed by atoms with E-state index < -0.39 is 51.7 Å². The number of methoxy groups -OCH3 is 1. The highest BCUT2D eigenvalue weighted by Gasteiger charge is 2.37. The number of carbonyl (C=O) groups is 3. The summed E-state index contributed by atoms with van der Waals surface area (Å²) in [5.41, 5.74) is -1.42. The van der Waals surface area contributed by atoms with E-state index in [9.17, 15) is 37.7 Å². The number of halogens is 4. The van der Waals surface area contributed by atoms with Crippen LogP contribution in [-0.2, 0) is 15.8 Å². The molecule has 3 aromatic rings. The molecule has 0 saturated carbocycles. The number of rotatable bonds is 10. The van der Waals surface area contributed by atoms with Gasteiger partial charge in [0.15, 0.2) is 11.5 Å². The second-order valence-electron chi connectivity index (χ2n) is 8.84. The van der Waals surface area contributed by atoms with Crippen molar-refractivity contribution in [2.75, 3.05) is 25.6 Å². The number of carbonyl (C=O) groups excluding carboxylic acids is 3. The monoisotopic (exact) mass is 651 g/mol. The zero-order valence-corrected chi connectivity index (χ0v) is 24.3. The van der Waals surface area contributed by atoms with Gasteiger partial charge in [0, 0.05) is 11.8 Å². The number of imide groups is 1. The molecule has 1 aliphatic heterocycles. The average molecular weight is 652 g/mol. The second-order valence-corrected chi connectivity index (χ2v) is 10.2. The third-order valence-electron chi connectivity index (χ3n) is 5.88. The zero-order chi connectivity index (χ0) is 32.2. The van der Waals surface area contributed by atoms with Gasteiger partial charge in [-0.2, -0.15) is 13.2 Å². The summed E-state index contributed by atoms with van der Waals surface area (Å²) in [5, 5.41) is 13.6. The number of amides is 3. The highest BCUT2D eigenvalue weighted by molar-refractivity contribution is 8.18. The summed E-state index contributed by atoms with van der Waals surface area (Å²) in [4.78, 5) is 49.3. The molecule has 0 unspecified atom stereocenters. The minimum absolute atomic E-state index is 0.00443. The summed E-state index contributed by atoms with van der Waals surface area (Å²) in [6, 6.07) is 10.6. The number of anilines is 1. The van der Waals surface area contributed by atoms with E-state index in [0.717, 1.165) is 11.0 Å². The van der Waals surface area contributed by atoms with E-state index in [-0.39, 0.29) is 28.0 Å². The van der Waals surface area contributed by atoms with Crippen LogP contribution in [0.3, 0.4) is 0 Å². The molecule has 11 nitrogen and oxygen atoms in total. The molecule has 44 heavy (non-hydrogen) atoms. The number of nitrogens with zero attached hydrogens (tertiary/aromatic N) is 2. The third-order valence-corrected chi connectivity index (χ3v) is 7.08. The van der Waals surface area contributed by atoms with Gasteiger partial charge in [0.25, 0.3) is 11.1 Å². The van der Waals surface area contributed by atoms with Crippen LogP contribution in [0.1, 0.15) is 18.1 Å². The molecule has 3 amide bonds. The van der Waals surface area contributed by atoms with Crippen molar-refractivity contribution in [3.05, 3.63) is 85.8 Å². The molecule has 0 atom stereocenters. The minimum atomic E-state index is -4.80. The van der Waals surface area contributed by atoms with E-state index in [1.165, 1.54) is 43.5 Å². The lowest BCUT2D eigenvalue weighted by molar-refractivity contribution is -0.385. The molecule has 4 rings (SSSR count). The molecule has 0 bridgehead atoms. The number of nitrogens with one attached hydrogen (secondary N) is 1. The maximum atomic E-state index is 13.1. The number of alkyl halides is 3. The van der Waals surface area contributed by atoms with Crippen LogP contribution in [-0.4, -0.2) is 47.1 Å². The van der Waals surface area contributed by atoms with Gasteiger partial charge in [0.2, 0.25) is 11.7 Å². The topological polar surface area (TPSA) is 137 Å². The molecular formula is C28H21ClF3N3O8S. The highest BCUT2D eigenvalue weighted by atomic mass is 35.5. The van der Waals surface area contributed by atoms with Gasteiger partial charge in [-0.25, -0.2) is 0 Å². The van der Waals surface area contributed by atoms with Crippen molar-refractivity contribution < 1.29 is 46.7 Å². The van der Waals surface area contributed by atoms with E-state index in [4.69, 9.17) is 25.8 Å². The Balaban J connectivity index is 1.52. The summed E-state index contributed by atoms with van der Waals surface area (Å²) in [6.45, 7) is 1.21. The zero-order valence-electron chi connectivity index (χ0n) is 22.8. The Morgan fingerprint density at radius 2 is 1.77 bits per heavy atom. The Bertz CT molecular complexity index is 1680.